The fraction of sp³-hybridized carbons (Fsp3) is 0.143. The minimum Gasteiger partial charge on any atom is -0.497 e. The number of benzene rings is 3. The summed E-state index contributed by atoms with van der Waals surface area (Å²) in [5.74, 6) is -25.4. The first-order valence-corrected chi connectivity index (χ1v) is 11.0. The highest BCUT2D eigenvalue weighted by atomic mass is 27.2. The minimum atomic E-state index is -5.04. The van der Waals surface area contributed by atoms with E-state index in [-0.39, 0.29) is 0 Å². The van der Waals surface area contributed by atoms with Crippen LogP contribution in [-0.4, -0.2) is 35.5 Å². The largest absolute Gasteiger partial charge is 0.497 e. The molecule has 0 saturated carbocycles. The lowest BCUT2D eigenvalue weighted by Crippen LogP contribution is -2.59. The number of rotatable bonds is 6. The number of methoxy groups -OCH3 is 3. The molecule has 0 aliphatic heterocycles. The molecule has 0 amide bonds. The molecule has 3 aromatic carbocycles. The molecule has 0 unspecified atom stereocenters. The van der Waals surface area contributed by atoms with Crippen molar-refractivity contribution in [2.24, 2.45) is 0 Å². The van der Waals surface area contributed by atoms with Gasteiger partial charge in [-0.15, -0.1) is 0 Å². The third-order valence-corrected chi connectivity index (χ3v) is 8.37. The first-order chi connectivity index (χ1) is 16.4. The molecule has 0 saturated heterocycles. The van der Waals surface area contributed by atoms with Crippen LogP contribution in [0.4, 0.5) is 43.9 Å². The van der Waals surface area contributed by atoms with E-state index in [9.17, 15) is 35.1 Å². The average Bonchev–Trinajstić information content (AvgIpc) is 2.81. The van der Waals surface area contributed by atoms with E-state index in [2.05, 4.69) is 14.2 Å². The van der Waals surface area contributed by atoms with Crippen LogP contribution < -0.4 is 27.5 Å². The van der Waals surface area contributed by atoms with Gasteiger partial charge in [-0.1, -0.05) is 0 Å². The molecule has 3 nitrogen and oxygen atoms in total. The zero-order valence-electron chi connectivity index (χ0n) is 17.7. The van der Waals surface area contributed by atoms with E-state index in [1.165, 1.54) is 0 Å². The second kappa shape index (κ2) is 9.87. The molecular formula is C21H11AlF10O3. The van der Waals surface area contributed by atoms with Crippen LogP contribution in [-0.2, 0) is 0 Å². The van der Waals surface area contributed by atoms with Crippen LogP contribution in [0.2, 0.25) is 0 Å². The van der Waals surface area contributed by atoms with Gasteiger partial charge < -0.3 is 14.2 Å². The Bertz CT molecular complexity index is 1240. The molecule has 0 aliphatic carbocycles. The topological polar surface area (TPSA) is 27.7 Å². The summed E-state index contributed by atoms with van der Waals surface area (Å²) in [6.07, 6.45) is 0. The maximum Gasteiger partial charge on any atom is 0.412 e. The number of hydrogen-bond acceptors (Lipinski definition) is 3. The van der Waals surface area contributed by atoms with Gasteiger partial charge in [-0.3, -0.25) is 0 Å². The van der Waals surface area contributed by atoms with Gasteiger partial charge in [0.2, 0.25) is 11.6 Å². The second-order valence-corrected chi connectivity index (χ2v) is 9.44. The van der Waals surface area contributed by atoms with Crippen LogP contribution in [0.25, 0.3) is 0 Å². The highest BCUT2D eigenvalue weighted by molar-refractivity contribution is 6.95. The molecule has 0 bridgehead atoms. The van der Waals surface area contributed by atoms with E-state index < -0.39 is 103 Å². The normalized spacial score (nSPS) is 11.0. The summed E-state index contributed by atoms with van der Waals surface area (Å²) in [5.41, 5.74) is 0. The van der Waals surface area contributed by atoms with Crippen LogP contribution in [0.3, 0.4) is 0 Å². The first kappa shape index (κ1) is 26.5. The first-order valence-electron chi connectivity index (χ1n) is 9.25. The van der Waals surface area contributed by atoms with Crippen molar-refractivity contribution in [1.29, 1.82) is 0 Å². The lowest BCUT2D eigenvalue weighted by molar-refractivity contribution is 0.337. The van der Waals surface area contributed by atoms with Crippen LogP contribution in [0.15, 0.2) is 12.1 Å². The molecular weight excluding hydrogens is 517 g/mol. The standard InChI is InChI=1S/2C7H3F4O.C7H5F2O.Al/c2*1-12-7-4(9)2-3(8)5(10)6(7)11;1-10-7-3-5(8)2-6(9)4-7;/h2*1H3;3-4H,1H3;. The van der Waals surface area contributed by atoms with Crippen LogP contribution in [0.1, 0.15) is 0 Å². The summed E-state index contributed by atoms with van der Waals surface area (Å²) in [6.45, 7) is 0. The van der Waals surface area contributed by atoms with Crippen molar-refractivity contribution in [2.75, 3.05) is 21.3 Å². The van der Waals surface area contributed by atoms with E-state index >= 15 is 8.78 Å². The van der Waals surface area contributed by atoms with Gasteiger partial charge in [0.25, 0.3) is 0 Å². The molecule has 0 spiro atoms. The maximum atomic E-state index is 15.2. The Morgan fingerprint density at radius 3 is 1.14 bits per heavy atom. The maximum absolute atomic E-state index is 15.2. The predicted octanol–water partition coefficient (Wildman–Crippen LogP) is 3.62. The van der Waals surface area contributed by atoms with Crippen molar-refractivity contribution in [3.8, 4) is 17.2 Å². The Hall–Kier alpha value is -3.11. The quantitative estimate of drug-likeness (QED) is 0.212. The molecule has 35 heavy (non-hydrogen) atoms. The van der Waals surface area contributed by atoms with E-state index in [1.807, 2.05) is 0 Å². The fourth-order valence-electron chi connectivity index (χ4n) is 3.51. The van der Waals surface area contributed by atoms with Crippen molar-refractivity contribution < 1.29 is 58.1 Å². The van der Waals surface area contributed by atoms with Crippen molar-refractivity contribution in [1.82, 2.24) is 0 Å². The fourth-order valence-corrected chi connectivity index (χ4v) is 6.63. The van der Waals surface area contributed by atoms with Gasteiger partial charge in [0.1, 0.15) is 17.4 Å². The summed E-state index contributed by atoms with van der Waals surface area (Å²) in [7, 11) is 2.23. The summed E-state index contributed by atoms with van der Waals surface area (Å²) >= 11 is -5.04. The van der Waals surface area contributed by atoms with Gasteiger partial charge in [-0.25, -0.2) is 35.1 Å². The van der Waals surface area contributed by atoms with Gasteiger partial charge in [0.05, 0.1) is 21.3 Å². The van der Waals surface area contributed by atoms with Crippen molar-refractivity contribution in [2.45, 2.75) is 0 Å². The van der Waals surface area contributed by atoms with Crippen LogP contribution in [0.5, 0.6) is 17.2 Å². The summed E-state index contributed by atoms with van der Waals surface area (Å²) < 4.78 is 155. The third-order valence-electron chi connectivity index (χ3n) is 5.08. The molecule has 0 heterocycles. The van der Waals surface area contributed by atoms with Gasteiger partial charge in [-0.05, 0) is 13.3 Å². The molecule has 14 heteroatoms. The number of ether oxygens (including phenoxy) is 3. The van der Waals surface area contributed by atoms with E-state index in [4.69, 9.17) is 0 Å². The molecule has 3 aromatic rings. The highest BCUT2D eigenvalue weighted by Crippen LogP contribution is 2.29. The van der Waals surface area contributed by atoms with E-state index in [0.717, 1.165) is 7.11 Å². The lowest BCUT2D eigenvalue weighted by atomic mass is 10.2. The zero-order valence-corrected chi connectivity index (χ0v) is 18.9. The predicted molar refractivity (Wildman–Crippen MR) is 103 cm³/mol. The second-order valence-electron chi connectivity index (χ2n) is 6.84. The zero-order chi connectivity index (χ0) is 26.4. The van der Waals surface area contributed by atoms with Gasteiger partial charge in [0, 0.05) is 12.1 Å². The Morgan fingerprint density at radius 2 is 0.829 bits per heavy atom. The van der Waals surface area contributed by atoms with Gasteiger partial charge in [0.15, 0.2) is 46.4 Å². The highest BCUT2D eigenvalue weighted by Gasteiger charge is 2.45. The molecule has 0 N–H and O–H groups in total. The summed E-state index contributed by atoms with van der Waals surface area (Å²) in [5, 5.41) is 0. The monoisotopic (exact) mass is 528 g/mol. The number of hydrogen-bond donors (Lipinski definition) is 0. The smallest absolute Gasteiger partial charge is 0.412 e. The molecule has 3 rings (SSSR count). The molecule has 0 aliphatic rings. The Kier molecular flexibility index (Phi) is 7.47. The summed E-state index contributed by atoms with van der Waals surface area (Å²) in [4.78, 5) is 0. The molecule has 0 atom stereocenters. The van der Waals surface area contributed by atoms with Gasteiger partial charge in [-0.2, -0.15) is 8.78 Å². The Balaban J connectivity index is 2.62. The molecule has 0 fully saturated rings. The van der Waals surface area contributed by atoms with Crippen LogP contribution in [0, 0.1) is 58.2 Å². The minimum absolute atomic E-state index is 0.457. The summed E-state index contributed by atoms with van der Waals surface area (Å²) in [6, 6.07) is 0.913. The van der Waals surface area contributed by atoms with E-state index in [1.54, 1.807) is 0 Å². The SMILES string of the molecule is COc1cc(F)[c]([Al]([c]2c(F)c(F)c(F)c(OC)c2F)[c]2c(F)c(F)c(F)c(OC)c2F)c(F)c1. The van der Waals surface area contributed by atoms with E-state index in [0.29, 0.717) is 26.4 Å². The van der Waals surface area contributed by atoms with Crippen molar-refractivity contribution in [3.63, 3.8) is 0 Å². The average molecular weight is 528 g/mol. The lowest BCUT2D eigenvalue weighted by Gasteiger charge is -2.21. The van der Waals surface area contributed by atoms with Crippen LogP contribution >= 0.6 is 0 Å². The van der Waals surface area contributed by atoms with Gasteiger partial charge >= 0.3 is 14.1 Å². The Labute approximate surface area is 194 Å². The Morgan fingerprint density at radius 1 is 0.457 bits per heavy atom. The molecule has 0 radical (unpaired) electrons. The third kappa shape index (κ3) is 4.14. The molecule has 186 valence electrons. The van der Waals surface area contributed by atoms with Crippen molar-refractivity contribution in [3.05, 3.63) is 70.3 Å². The molecule has 0 aromatic heterocycles. The number of halogens is 10. The van der Waals surface area contributed by atoms with Crippen molar-refractivity contribution >= 4 is 27.4 Å².